The third-order valence-electron chi connectivity index (χ3n) is 3.43. The minimum atomic E-state index is 0.162. The fourth-order valence-corrected chi connectivity index (χ4v) is 3.12. The fraction of sp³-hybridized carbons (Fsp3) is 0.533. The van der Waals surface area contributed by atoms with Crippen molar-refractivity contribution < 1.29 is 4.79 Å². The number of amides is 1. The van der Waals surface area contributed by atoms with Gasteiger partial charge in [-0.25, -0.2) is 0 Å². The lowest BCUT2D eigenvalue weighted by Gasteiger charge is -2.21. The van der Waals surface area contributed by atoms with E-state index in [4.69, 9.17) is 0 Å². The Bertz CT molecular complexity index is 360. The molecule has 0 unspecified atom stereocenters. The summed E-state index contributed by atoms with van der Waals surface area (Å²) in [4.78, 5) is 12.9. The van der Waals surface area contributed by atoms with Crippen molar-refractivity contribution in [2.75, 3.05) is 12.3 Å². The lowest BCUT2D eigenvalue weighted by atomic mass is 9.89. The second-order valence-corrected chi connectivity index (χ2v) is 5.96. The van der Waals surface area contributed by atoms with Crippen LogP contribution in [-0.2, 0) is 4.79 Å². The molecular weight excluding hydrogens is 242 g/mol. The zero-order chi connectivity index (χ0) is 12.6. The molecule has 0 heterocycles. The quantitative estimate of drug-likeness (QED) is 0.824. The normalized spacial score (nSPS) is 16.4. The van der Waals surface area contributed by atoms with E-state index in [1.807, 2.05) is 30.3 Å². The minimum Gasteiger partial charge on any atom is -0.355 e. The molecule has 1 fully saturated rings. The first-order valence-corrected chi connectivity index (χ1v) is 7.78. The molecule has 1 amide bonds. The molecule has 18 heavy (non-hydrogen) atoms. The highest BCUT2D eigenvalue weighted by atomic mass is 32.2. The molecule has 0 saturated heterocycles. The Kier molecular flexibility index (Phi) is 5.59. The van der Waals surface area contributed by atoms with Crippen LogP contribution in [0.25, 0.3) is 0 Å². The van der Waals surface area contributed by atoms with Crippen molar-refractivity contribution in [2.45, 2.75) is 37.0 Å². The summed E-state index contributed by atoms with van der Waals surface area (Å²) >= 11 is 1.60. The SMILES string of the molecule is O=C(CSc1ccccc1)NCC1CCCCC1. The molecule has 0 aliphatic heterocycles. The summed E-state index contributed by atoms with van der Waals surface area (Å²) in [6, 6.07) is 10.1. The predicted octanol–water partition coefficient (Wildman–Crippen LogP) is 3.48. The molecule has 1 aromatic rings. The Labute approximate surface area is 114 Å². The van der Waals surface area contributed by atoms with Crippen molar-refractivity contribution in [2.24, 2.45) is 5.92 Å². The number of rotatable bonds is 5. The van der Waals surface area contributed by atoms with Gasteiger partial charge in [0.05, 0.1) is 5.75 Å². The van der Waals surface area contributed by atoms with E-state index in [9.17, 15) is 4.79 Å². The molecule has 0 aromatic heterocycles. The number of benzene rings is 1. The van der Waals surface area contributed by atoms with E-state index in [1.54, 1.807) is 11.8 Å². The van der Waals surface area contributed by atoms with Crippen molar-refractivity contribution in [1.29, 1.82) is 0 Å². The zero-order valence-corrected chi connectivity index (χ0v) is 11.5. The van der Waals surface area contributed by atoms with Crippen LogP contribution in [0.3, 0.4) is 0 Å². The largest absolute Gasteiger partial charge is 0.355 e. The summed E-state index contributed by atoms with van der Waals surface area (Å²) in [6.45, 7) is 0.869. The van der Waals surface area contributed by atoms with Crippen molar-refractivity contribution in [3.63, 3.8) is 0 Å². The van der Waals surface area contributed by atoms with Crippen LogP contribution < -0.4 is 5.32 Å². The highest BCUT2D eigenvalue weighted by molar-refractivity contribution is 8.00. The number of thioether (sulfide) groups is 1. The molecule has 98 valence electrons. The molecule has 2 nitrogen and oxygen atoms in total. The van der Waals surface area contributed by atoms with Crippen LogP contribution >= 0.6 is 11.8 Å². The van der Waals surface area contributed by atoms with Gasteiger partial charge in [-0.3, -0.25) is 4.79 Å². The first-order chi connectivity index (χ1) is 8.84. The highest BCUT2D eigenvalue weighted by Crippen LogP contribution is 2.23. The topological polar surface area (TPSA) is 29.1 Å². The average molecular weight is 263 g/mol. The molecule has 1 N–H and O–H groups in total. The molecule has 1 aliphatic rings. The van der Waals surface area contributed by atoms with Crippen molar-refractivity contribution >= 4 is 17.7 Å². The molecule has 3 heteroatoms. The van der Waals surface area contributed by atoms with Gasteiger partial charge in [0.1, 0.15) is 0 Å². The molecule has 2 rings (SSSR count). The maximum Gasteiger partial charge on any atom is 0.230 e. The Morgan fingerprint density at radius 3 is 2.61 bits per heavy atom. The fourth-order valence-electron chi connectivity index (χ4n) is 2.37. The van der Waals surface area contributed by atoms with Crippen LogP contribution in [0.1, 0.15) is 32.1 Å². The van der Waals surface area contributed by atoms with Gasteiger partial charge in [0, 0.05) is 11.4 Å². The van der Waals surface area contributed by atoms with Crippen LogP contribution in [0.4, 0.5) is 0 Å². The maximum atomic E-state index is 11.7. The Morgan fingerprint density at radius 2 is 1.89 bits per heavy atom. The average Bonchev–Trinajstić information content (AvgIpc) is 2.45. The molecule has 1 aromatic carbocycles. The number of carbonyl (C=O) groups is 1. The number of hydrogen-bond acceptors (Lipinski definition) is 2. The van der Waals surface area contributed by atoms with E-state index in [0.29, 0.717) is 11.7 Å². The van der Waals surface area contributed by atoms with E-state index in [0.717, 1.165) is 11.4 Å². The third kappa shape index (κ3) is 4.73. The molecular formula is C15H21NOS. The van der Waals surface area contributed by atoms with Gasteiger partial charge in [-0.15, -0.1) is 11.8 Å². The standard InChI is InChI=1S/C15H21NOS/c17-15(12-18-14-9-5-2-6-10-14)16-11-13-7-3-1-4-8-13/h2,5-6,9-10,13H,1,3-4,7-8,11-12H2,(H,16,17). The molecule has 0 atom stereocenters. The Balaban J connectivity index is 1.63. The van der Waals surface area contributed by atoms with E-state index in [1.165, 1.54) is 32.1 Å². The number of carbonyl (C=O) groups excluding carboxylic acids is 1. The highest BCUT2D eigenvalue weighted by Gasteiger charge is 2.14. The molecule has 0 radical (unpaired) electrons. The van der Waals surface area contributed by atoms with Crippen molar-refractivity contribution in [1.82, 2.24) is 5.32 Å². The lowest BCUT2D eigenvalue weighted by molar-refractivity contribution is -0.118. The summed E-state index contributed by atoms with van der Waals surface area (Å²) in [5.74, 6) is 1.40. The molecule has 0 spiro atoms. The first kappa shape index (κ1) is 13.5. The summed E-state index contributed by atoms with van der Waals surface area (Å²) in [5, 5.41) is 3.06. The van der Waals surface area contributed by atoms with E-state index >= 15 is 0 Å². The first-order valence-electron chi connectivity index (χ1n) is 6.79. The summed E-state index contributed by atoms with van der Waals surface area (Å²) in [6.07, 6.45) is 6.60. The van der Waals surface area contributed by atoms with Gasteiger partial charge in [0.15, 0.2) is 0 Å². The smallest absolute Gasteiger partial charge is 0.230 e. The van der Waals surface area contributed by atoms with Gasteiger partial charge in [0.2, 0.25) is 5.91 Å². The second-order valence-electron chi connectivity index (χ2n) is 4.91. The van der Waals surface area contributed by atoms with E-state index in [-0.39, 0.29) is 5.91 Å². The van der Waals surface area contributed by atoms with Gasteiger partial charge >= 0.3 is 0 Å². The monoisotopic (exact) mass is 263 g/mol. The van der Waals surface area contributed by atoms with Crippen LogP contribution in [0.15, 0.2) is 35.2 Å². The van der Waals surface area contributed by atoms with Crippen LogP contribution in [0, 0.1) is 5.92 Å². The van der Waals surface area contributed by atoms with Gasteiger partial charge in [-0.1, -0.05) is 37.5 Å². The summed E-state index contributed by atoms with van der Waals surface area (Å²) in [7, 11) is 0. The molecule has 1 saturated carbocycles. The van der Waals surface area contributed by atoms with E-state index < -0.39 is 0 Å². The van der Waals surface area contributed by atoms with Gasteiger partial charge < -0.3 is 5.32 Å². The Hall–Kier alpha value is -0.960. The van der Waals surface area contributed by atoms with Crippen LogP contribution in [0.2, 0.25) is 0 Å². The lowest BCUT2D eigenvalue weighted by Crippen LogP contribution is -2.31. The van der Waals surface area contributed by atoms with Crippen molar-refractivity contribution in [3.05, 3.63) is 30.3 Å². The van der Waals surface area contributed by atoms with Crippen LogP contribution in [0.5, 0.6) is 0 Å². The van der Waals surface area contributed by atoms with Gasteiger partial charge in [-0.05, 0) is 30.9 Å². The third-order valence-corrected chi connectivity index (χ3v) is 4.44. The molecule has 1 aliphatic carbocycles. The number of nitrogens with one attached hydrogen (secondary N) is 1. The van der Waals surface area contributed by atoms with Crippen molar-refractivity contribution in [3.8, 4) is 0 Å². The Morgan fingerprint density at radius 1 is 1.17 bits per heavy atom. The predicted molar refractivity (Wildman–Crippen MR) is 76.8 cm³/mol. The van der Waals surface area contributed by atoms with Gasteiger partial charge in [-0.2, -0.15) is 0 Å². The van der Waals surface area contributed by atoms with E-state index in [2.05, 4.69) is 5.32 Å². The van der Waals surface area contributed by atoms with Crippen LogP contribution in [-0.4, -0.2) is 18.2 Å². The summed E-state index contributed by atoms with van der Waals surface area (Å²) < 4.78 is 0. The second kappa shape index (κ2) is 7.47. The zero-order valence-electron chi connectivity index (χ0n) is 10.7. The molecule has 0 bridgehead atoms. The maximum absolute atomic E-state index is 11.7. The van der Waals surface area contributed by atoms with Gasteiger partial charge in [0.25, 0.3) is 0 Å². The summed E-state index contributed by atoms with van der Waals surface area (Å²) in [5.41, 5.74) is 0. The minimum absolute atomic E-state index is 0.162. The number of hydrogen-bond donors (Lipinski definition) is 1.